The number of hydrogen-bond acceptors (Lipinski definition) is 8. The summed E-state index contributed by atoms with van der Waals surface area (Å²) in [6.07, 6.45) is 0.172. The van der Waals surface area contributed by atoms with Gasteiger partial charge in [0.1, 0.15) is 0 Å². The summed E-state index contributed by atoms with van der Waals surface area (Å²) >= 11 is 6.02. The summed E-state index contributed by atoms with van der Waals surface area (Å²) in [6, 6.07) is 13.6. The number of fused-ring (bicyclic) bond motifs is 3. The quantitative estimate of drug-likeness (QED) is 0.458. The van der Waals surface area contributed by atoms with Crippen LogP contribution in [0.25, 0.3) is 11.4 Å². The van der Waals surface area contributed by atoms with Crippen molar-refractivity contribution in [1.82, 2.24) is 15.0 Å². The van der Waals surface area contributed by atoms with E-state index in [9.17, 15) is 14.4 Å². The number of hydrogen-bond donors (Lipinski definition) is 0. The highest BCUT2D eigenvalue weighted by Crippen LogP contribution is 2.45. The Bertz CT molecular complexity index is 1310. The van der Waals surface area contributed by atoms with E-state index in [2.05, 4.69) is 10.1 Å². The van der Waals surface area contributed by atoms with Crippen LogP contribution in [0.1, 0.15) is 29.1 Å². The summed E-state index contributed by atoms with van der Waals surface area (Å²) in [7, 11) is 1.50. The molecule has 3 heterocycles. The monoisotopic (exact) mass is 496 g/mol. The highest BCUT2D eigenvalue weighted by Gasteiger charge is 2.61. The van der Waals surface area contributed by atoms with Gasteiger partial charge in [0.05, 0.1) is 17.9 Å². The molecule has 35 heavy (non-hydrogen) atoms. The summed E-state index contributed by atoms with van der Waals surface area (Å²) < 4.78 is 16.0. The van der Waals surface area contributed by atoms with Crippen LogP contribution in [0.4, 0.5) is 5.69 Å². The molecule has 2 aliphatic heterocycles. The van der Waals surface area contributed by atoms with Crippen molar-refractivity contribution in [3.05, 3.63) is 65.0 Å². The van der Waals surface area contributed by atoms with Crippen LogP contribution >= 0.6 is 11.6 Å². The first-order chi connectivity index (χ1) is 17.0. The van der Waals surface area contributed by atoms with Crippen molar-refractivity contribution in [3.8, 4) is 11.4 Å². The SMILES string of the molecule is COCCN1C(=O)c2ccccc2N2C(=O)CC[C@]12C(=O)OCc1nc(-c2cccc(Cl)c2)no1. The number of carbonyl (C=O) groups excluding carboxylic acids is 3. The van der Waals surface area contributed by atoms with Crippen molar-refractivity contribution >= 4 is 35.1 Å². The van der Waals surface area contributed by atoms with Gasteiger partial charge in [-0.05, 0) is 24.3 Å². The number of amides is 2. The number of para-hydroxylation sites is 1. The first-order valence-electron chi connectivity index (χ1n) is 10.9. The number of benzene rings is 2. The van der Waals surface area contributed by atoms with Gasteiger partial charge in [0, 0.05) is 37.1 Å². The zero-order valence-corrected chi connectivity index (χ0v) is 19.5. The normalized spacial score (nSPS) is 19.0. The maximum absolute atomic E-state index is 13.6. The molecule has 0 saturated carbocycles. The van der Waals surface area contributed by atoms with E-state index in [1.165, 1.54) is 16.9 Å². The topological polar surface area (TPSA) is 115 Å². The van der Waals surface area contributed by atoms with Crippen LogP contribution in [-0.2, 0) is 25.7 Å². The lowest BCUT2D eigenvalue weighted by Crippen LogP contribution is -2.68. The molecule has 0 bridgehead atoms. The van der Waals surface area contributed by atoms with E-state index < -0.39 is 11.6 Å². The summed E-state index contributed by atoms with van der Waals surface area (Å²) in [5.74, 6) is -1.05. The predicted octanol–water partition coefficient (Wildman–Crippen LogP) is 3.06. The lowest BCUT2D eigenvalue weighted by atomic mass is 9.96. The van der Waals surface area contributed by atoms with Crippen molar-refractivity contribution in [1.29, 1.82) is 0 Å². The van der Waals surface area contributed by atoms with E-state index in [0.29, 0.717) is 21.8 Å². The first-order valence-corrected chi connectivity index (χ1v) is 11.3. The number of esters is 1. The van der Waals surface area contributed by atoms with Crippen molar-refractivity contribution in [2.45, 2.75) is 25.1 Å². The average Bonchev–Trinajstić information content (AvgIpc) is 3.48. The van der Waals surface area contributed by atoms with Crippen LogP contribution in [-0.4, -0.2) is 58.7 Å². The van der Waals surface area contributed by atoms with Gasteiger partial charge in [0.25, 0.3) is 11.8 Å². The van der Waals surface area contributed by atoms with E-state index in [0.717, 1.165) is 0 Å². The fourth-order valence-electron chi connectivity index (χ4n) is 4.54. The second kappa shape index (κ2) is 9.12. The van der Waals surface area contributed by atoms with Gasteiger partial charge in [-0.1, -0.05) is 41.0 Å². The molecule has 11 heteroatoms. The Morgan fingerprint density at radius 3 is 2.83 bits per heavy atom. The van der Waals surface area contributed by atoms with Crippen LogP contribution in [0, 0.1) is 0 Å². The van der Waals surface area contributed by atoms with Gasteiger partial charge in [-0.3, -0.25) is 14.5 Å². The molecule has 1 fully saturated rings. The molecule has 2 aromatic carbocycles. The minimum absolute atomic E-state index is 0.0616. The Kier molecular flexibility index (Phi) is 6.00. The fraction of sp³-hybridized carbons (Fsp3) is 0.292. The predicted molar refractivity (Wildman–Crippen MR) is 123 cm³/mol. The molecule has 1 aromatic heterocycles. The maximum atomic E-state index is 13.6. The smallest absolute Gasteiger partial charge is 0.354 e. The number of rotatable bonds is 7. The van der Waals surface area contributed by atoms with Gasteiger partial charge >= 0.3 is 5.97 Å². The highest BCUT2D eigenvalue weighted by atomic mass is 35.5. The Balaban J connectivity index is 1.44. The molecule has 5 rings (SSSR count). The number of methoxy groups -OCH3 is 1. The number of carbonyl (C=O) groups is 3. The molecule has 0 aliphatic carbocycles. The van der Waals surface area contributed by atoms with E-state index in [-0.39, 0.29) is 56.1 Å². The average molecular weight is 497 g/mol. The van der Waals surface area contributed by atoms with Gasteiger partial charge < -0.3 is 18.9 Å². The van der Waals surface area contributed by atoms with Crippen molar-refractivity contribution in [2.75, 3.05) is 25.2 Å². The molecule has 2 amide bonds. The van der Waals surface area contributed by atoms with Gasteiger partial charge in [-0.2, -0.15) is 4.98 Å². The van der Waals surface area contributed by atoms with Gasteiger partial charge in [0.2, 0.25) is 17.4 Å². The number of anilines is 1. The maximum Gasteiger partial charge on any atom is 0.354 e. The molecule has 2 aliphatic rings. The minimum Gasteiger partial charge on any atom is -0.452 e. The lowest BCUT2D eigenvalue weighted by molar-refractivity contribution is -0.159. The summed E-state index contributed by atoms with van der Waals surface area (Å²) in [4.78, 5) is 47.0. The van der Waals surface area contributed by atoms with Crippen LogP contribution < -0.4 is 4.90 Å². The van der Waals surface area contributed by atoms with Crippen LogP contribution in [0.2, 0.25) is 5.02 Å². The third-order valence-corrected chi connectivity index (χ3v) is 6.33. The molecule has 0 unspecified atom stereocenters. The summed E-state index contributed by atoms with van der Waals surface area (Å²) in [5.41, 5.74) is -0.265. The van der Waals surface area contributed by atoms with E-state index in [1.54, 1.807) is 48.5 Å². The van der Waals surface area contributed by atoms with Crippen LogP contribution in [0.5, 0.6) is 0 Å². The van der Waals surface area contributed by atoms with Crippen LogP contribution in [0.3, 0.4) is 0 Å². The zero-order chi connectivity index (χ0) is 24.6. The molecular weight excluding hydrogens is 476 g/mol. The molecule has 1 atom stereocenters. The van der Waals surface area contributed by atoms with Crippen molar-refractivity contribution in [3.63, 3.8) is 0 Å². The van der Waals surface area contributed by atoms with E-state index >= 15 is 0 Å². The number of ether oxygens (including phenoxy) is 2. The summed E-state index contributed by atoms with van der Waals surface area (Å²) in [6.45, 7) is -0.0518. The Labute approximate surface area is 205 Å². The molecule has 180 valence electrons. The summed E-state index contributed by atoms with van der Waals surface area (Å²) in [5, 5.41) is 4.43. The van der Waals surface area contributed by atoms with Gasteiger partial charge in [-0.15, -0.1) is 0 Å². The number of nitrogens with zero attached hydrogens (tertiary/aromatic N) is 4. The Morgan fingerprint density at radius 2 is 2.03 bits per heavy atom. The Morgan fingerprint density at radius 1 is 1.20 bits per heavy atom. The highest BCUT2D eigenvalue weighted by molar-refractivity contribution is 6.30. The van der Waals surface area contributed by atoms with Gasteiger partial charge in [0.15, 0.2) is 6.61 Å². The molecule has 0 radical (unpaired) electrons. The minimum atomic E-state index is -1.63. The first kappa shape index (κ1) is 23.0. The second-order valence-corrected chi connectivity index (χ2v) is 8.55. The fourth-order valence-corrected chi connectivity index (χ4v) is 4.73. The molecule has 0 N–H and O–H groups in total. The third-order valence-electron chi connectivity index (χ3n) is 6.10. The largest absolute Gasteiger partial charge is 0.452 e. The number of halogens is 1. The van der Waals surface area contributed by atoms with E-state index in [4.69, 9.17) is 25.6 Å². The van der Waals surface area contributed by atoms with Gasteiger partial charge in [-0.25, -0.2) is 4.79 Å². The van der Waals surface area contributed by atoms with E-state index in [1.807, 2.05) is 0 Å². The Hall–Kier alpha value is -3.76. The molecular formula is C24H21ClN4O6. The standard InChI is InChI=1S/C24H21ClN4O6/c1-33-12-11-28-22(31)17-7-2-3-8-18(17)29-20(30)9-10-24(28,29)23(32)34-14-19-26-21(27-35-19)15-5-4-6-16(25)13-15/h2-8,13H,9-12,14H2,1H3/t24-/m0/s1. The zero-order valence-electron chi connectivity index (χ0n) is 18.8. The molecule has 3 aromatic rings. The molecule has 0 spiro atoms. The van der Waals surface area contributed by atoms with Crippen molar-refractivity contribution in [2.24, 2.45) is 0 Å². The lowest BCUT2D eigenvalue weighted by Gasteiger charge is -2.48. The number of aromatic nitrogens is 2. The third kappa shape index (κ3) is 3.84. The van der Waals surface area contributed by atoms with Crippen molar-refractivity contribution < 1.29 is 28.4 Å². The molecule has 1 saturated heterocycles. The van der Waals surface area contributed by atoms with Crippen LogP contribution in [0.15, 0.2) is 53.1 Å². The second-order valence-electron chi connectivity index (χ2n) is 8.11. The molecule has 10 nitrogen and oxygen atoms in total.